The number of pyridine rings is 1. The van der Waals surface area contributed by atoms with E-state index >= 15 is 0 Å². The largest absolute Gasteiger partial charge is 0.382 e. The summed E-state index contributed by atoms with van der Waals surface area (Å²) in [6.45, 7) is 6.21. The Morgan fingerprint density at radius 3 is 2.39 bits per heavy atom. The molecule has 0 bridgehead atoms. The van der Waals surface area contributed by atoms with Crippen molar-refractivity contribution in [3.8, 4) is 0 Å². The first-order valence-corrected chi connectivity index (χ1v) is 6.59. The Kier molecular flexibility index (Phi) is 4.96. The number of hydrogen-bond donors (Lipinski definition) is 2. The Labute approximate surface area is 113 Å². The van der Waals surface area contributed by atoms with Crippen LogP contribution in [0.25, 0.3) is 0 Å². The van der Waals surface area contributed by atoms with Crippen LogP contribution >= 0.6 is 11.6 Å². The third kappa shape index (κ3) is 3.13. The second-order valence-electron chi connectivity index (χ2n) is 4.39. The van der Waals surface area contributed by atoms with Gasteiger partial charge in [0, 0.05) is 11.7 Å². The molecular formula is C13H20ClN3O. The standard InChI is InChI=1S/C13H20ClN3O/c1-4-13(5-2,6-3)17-12(18)9-7-10(14)11(15)16-8-9/h7-8H,4-6H2,1-3H3,(H2,15,16)(H,17,18). The Bertz CT molecular complexity index is 422. The summed E-state index contributed by atoms with van der Waals surface area (Å²) in [6, 6.07) is 1.55. The molecule has 1 aromatic heterocycles. The molecule has 0 aromatic carbocycles. The van der Waals surface area contributed by atoms with Crippen LogP contribution in [0.15, 0.2) is 12.3 Å². The minimum atomic E-state index is -0.162. The van der Waals surface area contributed by atoms with Gasteiger partial charge in [0.1, 0.15) is 5.82 Å². The summed E-state index contributed by atoms with van der Waals surface area (Å²) in [4.78, 5) is 16.0. The summed E-state index contributed by atoms with van der Waals surface area (Å²) in [6.07, 6.45) is 4.12. The normalized spacial score (nSPS) is 11.3. The first-order chi connectivity index (χ1) is 8.48. The van der Waals surface area contributed by atoms with Gasteiger partial charge in [-0.25, -0.2) is 4.98 Å². The molecule has 0 spiro atoms. The minimum absolute atomic E-state index is 0.157. The summed E-state index contributed by atoms with van der Waals surface area (Å²) in [5.41, 5.74) is 5.80. The lowest BCUT2D eigenvalue weighted by molar-refractivity contribution is 0.0888. The van der Waals surface area contributed by atoms with Gasteiger partial charge in [0.25, 0.3) is 5.91 Å². The number of nitrogen functional groups attached to an aromatic ring is 1. The highest BCUT2D eigenvalue weighted by atomic mass is 35.5. The minimum Gasteiger partial charge on any atom is -0.382 e. The molecule has 5 heteroatoms. The number of anilines is 1. The van der Waals surface area contributed by atoms with Crippen molar-refractivity contribution >= 4 is 23.3 Å². The van der Waals surface area contributed by atoms with E-state index in [4.69, 9.17) is 17.3 Å². The third-order valence-electron chi connectivity index (χ3n) is 3.54. The maximum atomic E-state index is 12.1. The summed E-state index contributed by atoms with van der Waals surface area (Å²) in [5.74, 6) is 0.0795. The van der Waals surface area contributed by atoms with Crippen LogP contribution in [0.5, 0.6) is 0 Å². The quantitative estimate of drug-likeness (QED) is 0.863. The predicted octanol–water partition coefficient (Wildman–Crippen LogP) is 3.02. The molecule has 18 heavy (non-hydrogen) atoms. The summed E-state index contributed by atoms with van der Waals surface area (Å²) in [7, 11) is 0. The SMILES string of the molecule is CCC(CC)(CC)NC(=O)c1cnc(N)c(Cl)c1. The molecule has 0 aliphatic heterocycles. The van der Waals surface area contributed by atoms with Crippen molar-refractivity contribution in [2.24, 2.45) is 0 Å². The molecule has 4 nitrogen and oxygen atoms in total. The van der Waals surface area contributed by atoms with Crippen molar-refractivity contribution < 1.29 is 4.79 Å². The summed E-state index contributed by atoms with van der Waals surface area (Å²) in [5, 5.41) is 3.37. The number of nitrogens with zero attached hydrogens (tertiary/aromatic N) is 1. The number of amides is 1. The van der Waals surface area contributed by atoms with Gasteiger partial charge in [-0.05, 0) is 25.3 Å². The number of carbonyl (C=O) groups is 1. The van der Waals surface area contributed by atoms with Crippen LogP contribution in [0.2, 0.25) is 5.02 Å². The van der Waals surface area contributed by atoms with E-state index in [1.165, 1.54) is 6.20 Å². The fourth-order valence-electron chi connectivity index (χ4n) is 1.90. The van der Waals surface area contributed by atoms with Crippen LogP contribution < -0.4 is 11.1 Å². The van der Waals surface area contributed by atoms with Gasteiger partial charge in [-0.1, -0.05) is 32.4 Å². The highest BCUT2D eigenvalue weighted by Crippen LogP contribution is 2.21. The van der Waals surface area contributed by atoms with Gasteiger partial charge < -0.3 is 11.1 Å². The predicted molar refractivity (Wildman–Crippen MR) is 74.7 cm³/mol. The first-order valence-electron chi connectivity index (χ1n) is 6.21. The van der Waals surface area contributed by atoms with E-state index < -0.39 is 0 Å². The summed E-state index contributed by atoms with van der Waals surface area (Å²) >= 11 is 5.86. The Morgan fingerprint density at radius 2 is 1.94 bits per heavy atom. The van der Waals surface area contributed by atoms with Crippen LogP contribution in [-0.2, 0) is 0 Å². The number of rotatable bonds is 5. The van der Waals surface area contributed by atoms with Gasteiger partial charge in [-0.3, -0.25) is 4.79 Å². The fourth-order valence-corrected chi connectivity index (χ4v) is 2.07. The zero-order chi connectivity index (χ0) is 13.8. The van der Waals surface area contributed by atoms with Crippen LogP contribution in [0, 0.1) is 0 Å². The molecule has 0 saturated carbocycles. The highest BCUT2D eigenvalue weighted by Gasteiger charge is 2.26. The first kappa shape index (κ1) is 14.8. The average Bonchev–Trinajstić information content (AvgIpc) is 2.39. The van der Waals surface area contributed by atoms with Crippen molar-refractivity contribution in [2.75, 3.05) is 5.73 Å². The van der Waals surface area contributed by atoms with Gasteiger partial charge in [-0.15, -0.1) is 0 Å². The molecule has 3 N–H and O–H groups in total. The van der Waals surface area contributed by atoms with Crippen LogP contribution in [0.1, 0.15) is 50.4 Å². The number of halogens is 1. The van der Waals surface area contributed by atoms with Crippen molar-refractivity contribution in [3.05, 3.63) is 22.8 Å². The van der Waals surface area contributed by atoms with E-state index in [9.17, 15) is 4.79 Å². The number of nitrogens with one attached hydrogen (secondary N) is 1. The number of nitrogens with two attached hydrogens (primary N) is 1. The lowest BCUT2D eigenvalue weighted by Gasteiger charge is -2.31. The van der Waals surface area contributed by atoms with Crippen molar-refractivity contribution in [1.29, 1.82) is 0 Å². The van der Waals surface area contributed by atoms with Crippen LogP contribution in [0.4, 0.5) is 5.82 Å². The Morgan fingerprint density at radius 1 is 1.39 bits per heavy atom. The molecule has 0 radical (unpaired) electrons. The average molecular weight is 270 g/mol. The molecule has 1 amide bonds. The number of aromatic nitrogens is 1. The van der Waals surface area contributed by atoms with E-state index in [0.29, 0.717) is 10.6 Å². The molecule has 0 unspecified atom stereocenters. The van der Waals surface area contributed by atoms with E-state index in [2.05, 4.69) is 31.1 Å². The van der Waals surface area contributed by atoms with Gasteiger partial charge >= 0.3 is 0 Å². The van der Waals surface area contributed by atoms with Crippen molar-refractivity contribution in [2.45, 2.75) is 45.6 Å². The maximum absolute atomic E-state index is 12.1. The van der Waals surface area contributed by atoms with Crippen molar-refractivity contribution in [1.82, 2.24) is 10.3 Å². The second kappa shape index (κ2) is 6.05. The number of carbonyl (C=O) groups excluding carboxylic acids is 1. The molecule has 1 rings (SSSR count). The topological polar surface area (TPSA) is 68.0 Å². The Balaban J connectivity index is 2.90. The number of hydrogen-bond acceptors (Lipinski definition) is 3. The van der Waals surface area contributed by atoms with Gasteiger partial charge in [-0.2, -0.15) is 0 Å². The van der Waals surface area contributed by atoms with E-state index in [0.717, 1.165) is 19.3 Å². The zero-order valence-corrected chi connectivity index (χ0v) is 11.8. The lowest BCUT2D eigenvalue weighted by Crippen LogP contribution is -2.47. The summed E-state index contributed by atoms with van der Waals surface area (Å²) < 4.78 is 0. The highest BCUT2D eigenvalue weighted by molar-refractivity contribution is 6.33. The van der Waals surface area contributed by atoms with Gasteiger partial charge in [0.15, 0.2) is 0 Å². The van der Waals surface area contributed by atoms with Crippen LogP contribution in [0.3, 0.4) is 0 Å². The Hall–Kier alpha value is -1.29. The van der Waals surface area contributed by atoms with E-state index in [-0.39, 0.29) is 17.3 Å². The lowest BCUT2D eigenvalue weighted by atomic mass is 9.89. The van der Waals surface area contributed by atoms with E-state index in [1.807, 2.05) is 0 Å². The molecule has 1 aromatic rings. The maximum Gasteiger partial charge on any atom is 0.253 e. The molecule has 0 fully saturated rings. The zero-order valence-electron chi connectivity index (χ0n) is 11.1. The molecule has 0 saturated heterocycles. The van der Waals surface area contributed by atoms with E-state index in [1.54, 1.807) is 6.07 Å². The molecular weight excluding hydrogens is 250 g/mol. The van der Waals surface area contributed by atoms with Gasteiger partial charge in [0.05, 0.1) is 10.6 Å². The van der Waals surface area contributed by atoms with Gasteiger partial charge in [0.2, 0.25) is 0 Å². The smallest absolute Gasteiger partial charge is 0.253 e. The van der Waals surface area contributed by atoms with Crippen molar-refractivity contribution in [3.63, 3.8) is 0 Å². The second-order valence-corrected chi connectivity index (χ2v) is 4.79. The third-order valence-corrected chi connectivity index (χ3v) is 3.84. The molecule has 0 aliphatic carbocycles. The van der Waals surface area contributed by atoms with Crippen LogP contribution in [-0.4, -0.2) is 16.4 Å². The monoisotopic (exact) mass is 269 g/mol. The molecule has 1 heterocycles. The molecule has 0 atom stereocenters. The molecule has 100 valence electrons. The molecule has 0 aliphatic rings. The fraction of sp³-hybridized carbons (Fsp3) is 0.538.